The van der Waals surface area contributed by atoms with Crippen molar-refractivity contribution in [2.75, 3.05) is 19.6 Å². The number of nitrogens with two attached hydrogens (primary N) is 1. The van der Waals surface area contributed by atoms with Crippen molar-refractivity contribution in [3.8, 4) is 5.75 Å². The Kier molecular flexibility index (Phi) is 8.17. The fourth-order valence-corrected chi connectivity index (χ4v) is 5.53. The summed E-state index contributed by atoms with van der Waals surface area (Å²) in [6.45, 7) is 2.71. The zero-order valence-electron chi connectivity index (χ0n) is 20.0. The molecule has 1 saturated carbocycles. The van der Waals surface area contributed by atoms with Gasteiger partial charge in [0.15, 0.2) is 5.96 Å². The Morgan fingerprint density at radius 1 is 1.14 bits per heavy atom. The number of likely N-dealkylation sites (tertiary alicyclic amines) is 1. The van der Waals surface area contributed by atoms with E-state index in [1.54, 1.807) is 12.1 Å². The van der Waals surface area contributed by atoms with E-state index in [-0.39, 0.29) is 23.2 Å². The van der Waals surface area contributed by atoms with Crippen molar-refractivity contribution >= 4 is 25.0 Å². The predicted molar refractivity (Wildman–Crippen MR) is 132 cm³/mol. The van der Waals surface area contributed by atoms with Crippen LogP contribution in [0.2, 0.25) is 0 Å². The van der Waals surface area contributed by atoms with Crippen LogP contribution in [0.25, 0.3) is 0 Å². The van der Waals surface area contributed by atoms with E-state index in [2.05, 4.69) is 10.6 Å². The molecule has 190 valence electrons. The molecule has 35 heavy (non-hydrogen) atoms. The van der Waals surface area contributed by atoms with Crippen LogP contribution in [0.3, 0.4) is 0 Å². The smallest absolute Gasteiger partial charge is 0.534 e. The van der Waals surface area contributed by atoms with Gasteiger partial charge in [-0.1, -0.05) is 12.1 Å². The average Bonchev–Trinajstić information content (AvgIpc) is 2.84. The van der Waals surface area contributed by atoms with Gasteiger partial charge in [0, 0.05) is 25.6 Å². The highest BCUT2D eigenvalue weighted by atomic mass is 16.5. The number of carbonyl (C=O) groups excluding carboxylic acids is 1. The quantitative estimate of drug-likeness (QED) is 0.189. The van der Waals surface area contributed by atoms with Crippen LogP contribution in [0.15, 0.2) is 18.2 Å². The van der Waals surface area contributed by atoms with Gasteiger partial charge in [-0.25, -0.2) is 4.79 Å². The number of nitrogens with one attached hydrogen (secondary N) is 3. The minimum absolute atomic E-state index is 0.0122. The maximum atomic E-state index is 12.7. The van der Waals surface area contributed by atoms with Gasteiger partial charge in [-0.2, -0.15) is 0 Å². The van der Waals surface area contributed by atoms with Gasteiger partial charge < -0.3 is 36.1 Å². The second kappa shape index (κ2) is 11.3. The van der Waals surface area contributed by atoms with Crippen LogP contribution in [-0.4, -0.2) is 71.6 Å². The lowest BCUT2D eigenvalue weighted by molar-refractivity contribution is -0.122. The van der Waals surface area contributed by atoms with E-state index in [0.717, 1.165) is 58.2 Å². The Morgan fingerprint density at radius 3 is 2.51 bits per heavy atom. The molecule has 1 aromatic carbocycles. The summed E-state index contributed by atoms with van der Waals surface area (Å²) in [5.74, 6) is -0.542. The van der Waals surface area contributed by atoms with Gasteiger partial charge in [-0.3, -0.25) is 10.2 Å². The van der Waals surface area contributed by atoms with Gasteiger partial charge in [-0.05, 0) is 75.0 Å². The lowest BCUT2D eigenvalue weighted by Crippen LogP contribution is -2.53. The highest BCUT2D eigenvalue weighted by molar-refractivity contribution is 6.47. The number of carboxylic acid groups (broad SMARTS) is 1. The monoisotopic (exact) mass is 485 g/mol. The number of benzene rings is 1. The largest absolute Gasteiger partial charge is 0.547 e. The molecule has 0 aromatic heterocycles. The summed E-state index contributed by atoms with van der Waals surface area (Å²) in [5, 5.41) is 33.8. The molecule has 1 amide bonds. The summed E-state index contributed by atoms with van der Waals surface area (Å²) in [5.41, 5.74) is 6.25. The van der Waals surface area contributed by atoms with E-state index in [4.69, 9.17) is 15.8 Å². The second-order valence-corrected chi connectivity index (χ2v) is 10.1. The predicted octanol–water partition coefficient (Wildman–Crippen LogP) is 0.968. The molecule has 11 heteroatoms. The molecule has 1 aromatic rings. The van der Waals surface area contributed by atoms with Gasteiger partial charge in [-0.15, -0.1) is 0 Å². The van der Waals surface area contributed by atoms with Gasteiger partial charge in [0.05, 0.1) is 11.5 Å². The van der Waals surface area contributed by atoms with E-state index in [1.807, 2.05) is 4.90 Å². The first-order valence-electron chi connectivity index (χ1n) is 12.6. The zero-order valence-corrected chi connectivity index (χ0v) is 20.0. The molecule has 0 spiro atoms. The molecule has 7 N–H and O–H groups in total. The molecular weight excluding hydrogens is 449 g/mol. The van der Waals surface area contributed by atoms with Crippen molar-refractivity contribution in [1.82, 2.24) is 15.5 Å². The number of hydrogen-bond acceptors (Lipinski definition) is 6. The average molecular weight is 485 g/mol. The van der Waals surface area contributed by atoms with E-state index in [0.29, 0.717) is 36.3 Å². The van der Waals surface area contributed by atoms with E-state index in [9.17, 15) is 19.7 Å². The van der Waals surface area contributed by atoms with Crippen LogP contribution in [0, 0.1) is 17.2 Å². The van der Waals surface area contributed by atoms with E-state index >= 15 is 0 Å². The molecule has 2 heterocycles. The lowest BCUT2D eigenvalue weighted by Gasteiger charge is -2.34. The van der Waals surface area contributed by atoms with Crippen molar-refractivity contribution < 1.29 is 24.4 Å². The zero-order chi connectivity index (χ0) is 24.9. The second-order valence-electron chi connectivity index (χ2n) is 10.1. The first-order valence-corrected chi connectivity index (χ1v) is 12.6. The van der Waals surface area contributed by atoms with Crippen LogP contribution in [-0.2, 0) is 11.2 Å². The summed E-state index contributed by atoms with van der Waals surface area (Å²) in [4.78, 5) is 26.0. The number of para-hydroxylation sites is 1. The fourth-order valence-electron chi connectivity index (χ4n) is 5.53. The maximum Gasteiger partial charge on any atom is 0.547 e. The van der Waals surface area contributed by atoms with Crippen LogP contribution < -0.4 is 21.0 Å². The molecule has 10 nitrogen and oxygen atoms in total. The standard InChI is InChI=1S/C24H36BN5O5/c26-24(27)30-10-8-16(9-11-30)14-28-18-6-4-15(5-7-18)12-21(31)29-20-13-17-2-1-3-19(23(32)33)22(17)35-25(20)34/h1-3,15-16,18,20,28,34H,4-14H2,(H3,26,27)(H,29,31)(H,32,33)/t15-,18-,20-/m0/s1. The lowest BCUT2D eigenvalue weighted by atomic mass is 9.72. The molecule has 0 radical (unpaired) electrons. The van der Waals surface area contributed by atoms with Gasteiger partial charge in [0.2, 0.25) is 5.91 Å². The van der Waals surface area contributed by atoms with Gasteiger partial charge in [0.25, 0.3) is 0 Å². The molecule has 1 saturated heterocycles. The third-order valence-corrected chi connectivity index (χ3v) is 7.67. The summed E-state index contributed by atoms with van der Waals surface area (Å²) >= 11 is 0. The molecule has 3 aliphatic rings. The summed E-state index contributed by atoms with van der Waals surface area (Å²) in [6.07, 6.45) is 6.93. The Bertz CT molecular complexity index is 931. The first kappa shape index (κ1) is 25.3. The Morgan fingerprint density at radius 2 is 1.86 bits per heavy atom. The normalized spacial score (nSPS) is 24.9. The summed E-state index contributed by atoms with van der Waals surface area (Å²) in [6, 6.07) is 5.32. The number of fused-ring (bicyclic) bond motifs is 1. The molecule has 0 unspecified atom stereocenters. The molecule has 1 atom stereocenters. The first-order chi connectivity index (χ1) is 16.8. The van der Waals surface area contributed by atoms with Crippen LogP contribution in [0.1, 0.15) is 60.9 Å². The number of nitrogens with zero attached hydrogens (tertiary/aromatic N) is 1. The van der Waals surface area contributed by atoms with Crippen LogP contribution in [0.4, 0.5) is 0 Å². The Balaban J connectivity index is 1.17. The van der Waals surface area contributed by atoms with Crippen molar-refractivity contribution in [3.05, 3.63) is 29.3 Å². The van der Waals surface area contributed by atoms with E-state index in [1.165, 1.54) is 6.07 Å². The van der Waals surface area contributed by atoms with Gasteiger partial charge >= 0.3 is 13.1 Å². The molecule has 0 bridgehead atoms. The highest BCUT2D eigenvalue weighted by Crippen LogP contribution is 2.31. The minimum atomic E-state index is -1.28. The number of piperidine rings is 1. The number of carboxylic acids is 1. The number of rotatable bonds is 7. The van der Waals surface area contributed by atoms with Gasteiger partial charge in [0.1, 0.15) is 5.75 Å². The minimum Gasteiger partial charge on any atom is -0.534 e. The van der Waals surface area contributed by atoms with Crippen molar-refractivity contribution in [3.63, 3.8) is 0 Å². The molecule has 1 aliphatic carbocycles. The fraction of sp³-hybridized carbons (Fsp3) is 0.625. The third-order valence-electron chi connectivity index (χ3n) is 7.67. The van der Waals surface area contributed by atoms with Crippen LogP contribution in [0.5, 0.6) is 5.75 Å². The summed E-state index contributed by atoms with van der Waals surface area (Å²) < 4.78 is 5.47. The van der Waals surface area contributed by atoms with Crippen LogP contribution >= 0.6 is 0 Å². The number of carbonyl (C=O) groups is 2. The molecule has 2 fully saturated rings. The number of guanidine groups is 1. The Hall–Kier alpha value is -2.79. The molecule has 2 aliphatic heterocycles. The van der Waals surface area contributed by atoms with Crippen molar-refractivity contribution in [1.29, 1.82) is 5.41 Å². The number of aromatic carboxylic acids is 1. The third kappa shape index (κ3) is 6.46. The van der Waals surface area contributed by atoms with E-state index < -0.39 is 19.0 Å². The highest BCUT2D eigenvalue weighted by Gasteiger charge is 2.38. The van der Waals surface area contributed by atoms with Crippen molar-refractivity contribution in [2.24, 2.45) is 17.6 Å². The number of amides is 1. The SMILES string of the molecule is N=C(N)N1CCC(CN[C@H]2CC[C@H](CC(=O)N[C@H]3Cc4cccc(C(=O)O)c4OB3O)CC2)CC1. The number of hydrogen-bond donors (Lipinski definition) is 6. The molecule has 4 rings (SSSR count). The Labute approximate surface area is 206 Å². The molecular formula is C24H36BN5O5. The topological polar surface area (TPSA) is 161 Å². The summed E-state index contributed by atoms with van der Waals surface area (Å²) in [7, 11) is -1.28. The maximum absolute atomic E-state index is 12.7. The van der Waals surface area contributed by atoms with Crippen molar-refractivity contribution in [2.45, 2.75) is 63.3 Å².